The molecule has 1 saturated heterocycles. The van der Waals surface area contributed by atoms with Gasteiger partial charge in [-0.25, -0.2) is 4.79 Å². The molecule has 19 heavy (non-hydrogen) atoms. The first-order valence-electron chi connectivity index (χ1n) is 6.21. The van der Waals surface area contributed by atoms with Gasteiger partial charge in [0.05, 0.1) is 19.6 Å². The summed E-state index contributed by atoms with van der Waals surface area (Å²) in [7, 11) is 0. The van der Waals surface area contributed by atoms with E-state index in [1.807, 2.05) is 31.2 Å². The van der Waals surface area contributed by atoms with E-state index in [1.165, 1.54) is 0 Å². The summed E-state index contributed by atoms with van der Waals surface area (Å²) in [6.45, 7) is 2.48. The van der Waals surface area contributed by atoms with Crippen molar-refractivity contribution >= 4 is 11.9 Å². The number of carbonyl (C=O) groups is 2. The normalized spacial score (nSPS) is 17.9. The molecule has 1 heterocycles. The van der Waals surface area contributed by atoms with E-state index in [4.69, 9.17) is 14.2 Å². The molecule has 2 rings (SSSR count). The van der Waals surface area contributed by atoms with Crippen LogP contribution >= 0.6 is 0 Å². The molecule has 0 radical (unpaired) electrons. The lowest BCUT2D eigenvalue weighted by atomic mass is 10.2. The van der Waals surface area contributed by atoms with E-state index >= 15 is 0 Å². The SMILES string of the molecule is Cc1ccccc1OCCC(=O)OC1CCOC1=O. The molecule has 0 amide bonds. The van der Waals surface area contributed by atoms with Crippen LogP contribution in [0.3, 0.4) is 0 Å². The molecule has 1 unspecified atom stereocenters. The molecule has 5 heteroatoms. The molecule has 1 aromatic rings. The Balaban J connectivity index is 1.72. The van der Waals surface area contributed by atoms with Gasteiger partial charge in [-0.2, -0.15) is 0 Å². The second-order valence-electron chi connectivity index (χ2n) is 4.30. The second-order valence-corrected chi connectivity index (χ2v) is 4.30. The fourth-order valence-electron chi connectivity index (χ4n) is 1.76. The largest absolute Gasteiger partial charge is 0.493 e. The van der Waals surface area contributed by atoms with E-state index in [0.29, 0.717) is 13.0 Å². The first-order chi connectivity index (χ1) is 9.16. The quantitative estimate of drug-likeness (QED) is 0.756. The minimum atomic E-state index is -0.744. The van der Waals surface area contributed by atoms with E-state index in [-0.39, 0.29) is 13.0 Å². The Labute approximate surface area is 111 Å². The molecular weight excluding hydrogens is 248 g/mol. The van der Waals surface area contributed by atoms with E-state index < -0.39 is 18.0 Å². The van der Waals surface area contributed by atoms with Gasteiger partial charge >= 0.3 is 11.9 Å². The summed E-state index contributed by atoms with van der Waals surface area (Å²) < 4.78 is 15.2. The van der Waals surface area contributed by atoms with E-state index in [0.717, 1.165) is 11.3 Å². The number of para-hydroxylation sites is 1. The van der Waals surface area contributed by atoms with Gasteiger partial charge in [-0.3, -0.25) is 4.79 Å². The van der Waals surface area contributed by atoms with Crippen molar-refractivity contribution in [3.63, 3.8) is 0 Å². The number of hydrogen-bond acceptors (Lipinski definition) is 5. The van der Waals surface area contributed by atoms with Gasteiger partial charge in [0.1, 0.15) is 5.75 Å². The smallest absolute Gasteiger partial charge is 0.347 e. The highest BCUT2D eigenvalue weighted by molar-refractivity contribution is 5.80. The van der Waals surface area contributed by atoms with E-state index in [9.17, 15) is 9.59 Å². The standard InChI is InChI=1S/C14H16O5/c1-10-4-2-3-5-11(10)17-9-7-13(15)19-12-6-8-18-14(12)16/h2-5,12H,6-9H2,1H3. The molecule has 1 aliphatic rings. The molecule has 102 valence electrons. The van der Waals surface area contributed by atoms with Crippen molar-refractivity contribution in [1.29, 1.82) is 0 Å². The molecule has 1 atom stereocenters. The summed E-state index contributed by atoms with van der Waals surface area (Å²) in [5, 5.41) is 0. The van der Waals surface area contributed by atoms with Crippen molar-refractivity contribution in [1.82, 2.24) is 0 Å². The lowest BCUT2D eigenvalue weighted by molar-refractivity contribution is -0.160. The Morgan fingerprint density at radius 1 is 1.42 bits per heavy atom. The average molecular weight is 264 g/mol. The third kappa shape index (κ3) is 3.71. The van der Waals surface area contributed by atoms with Crippen LogP contribution in [0, 0.1) is 6.92 Å². The number of ether oxygens (including phenoxy) is 3. The molecule has 0 spiro atoms. The van der Waals surface area contributed by atoms with Crippen LogP contribution in [0.1, 0.15) is 18.4 Å². The van der Waals surface area contributed by atoms with Gasteiger partial charge < -0.3 is 14.2 Å². The first kappa shape index (κ1) is 13.4. The Bertz CT molecular complexity index is 469. The van der Waals surface area contributed by atoms with Gasteiger partial charge in [-0.15, -0.1) is 0 Å². The fraction of sp³-hybridized carbons (Fsp3) is 0.429. The summed E-state index contributed by atoms with van der Waals surface area (Å²) >= 11 is 0. The van der Waals surface area contributed by atoms with Crippen LogP contribution in [0.15, 0.2) is 24.3 Å². The van der Waals surface area contributed by atoms with Crippen LogP contribution in [0.4, 0.5) is 0 Å². The number of rotatable bonds is 5. The second kappa shape index (κ2) is 6.22. The maximum atomic E-state index is 11.5. The Morgan fingerprint density at radius 3 is 2.89 bits per heavy atom. The maximum Gasteiger partial charge on any atom is 0.347 e. The van der Waals surface area contributed by atoms with Gasteiger partial charge in [0, 0.05) is 6.42 Å². The summed E-state index contributed by atoms with van der Waals surface area (Å²) in [6.07, 6.45) is -0.201. The highest BCUT2D eigenvalue weighted by Crippen LogP contribution is 2.16. The third-order valence-electron chi connectivity index (χ3n) is 2.82. The average Bonchev–Trinajstić information content (AvgIpc) is 2.77. The number of aryl methyl sites for hydroxylation is 1. The minimum Gasteiger partial charge on any atom is -0.493 e. The van der Waals surface area contributed by atoms with Gasteiger partial charge in [-0.05, 0) is 18.6 Å². The zero-order chi connectivity index (χ0) is 13.7. The molecule has 0 saturated carbocycles. The molecule has 0 aliphatic carbocycles. The number of cyclic esters (lactones) is 1. The van der Waals surface area contributed by atoms with Crippen molar-refractivity contribution in [2.24, 2.45) is 0 Å². The van der Waals surface area contributed by atoms with E-state index in [1.54, 1.807) is 0 Å². The Kier molecular flexibility index (Phi) is 4.39. The lowest BCUT2D eigenvalue weighted by Crippen LogP contribution is -2.23. The highest BCUT2D eigenvalue weighted by Gasteiger charge is 2.29. The monoisotopic (exact) mass is 264 g/mol. The van der Waals surface area contributed by atoms with Gasteiger partial charge in [0.15, 0.2) is 0 Å². The number of carbonyl (C=O) groups excluding carboxylic acids is 2. The Morgan fingerprint density at radius 2 is 2.21 bits per heavy atom. The van der Waals surface area contributed by atoms with Crippen molar-refractivity contribution in [2.75, 3.05) is 13.2 Å². The molecule has 1 aliphatic heterocycles. The van der Waals surface area contributed by atoms with Crippen LogP contribution in [-0.4, -0.2) is 31.3 Å². The summed E-state index contributed by atoms with van der Waals surface area (Å²) in [5.41, 5.74) is 1.01. The molecule has 0 N–H and O–H groups in total. The fourth-order valence-corrected chi connectivity index (χ4v) is 1.76. The predicted octanol–water partition coefficient (Wildman–Crippen LogP) is 1.62. The van der Waals surface area contributed by atoms with Crippen molar-refractivity contribution < 1.29 is 23.8 Å². The lowest BCUT2D eigenvalue weighted by Gasteiger charge is -2.10. The first-order valence-corrected chi connectivity index (χ1v) is 6.21. The summed E-state index contributed by atoms with van der Waals surface area (Å²) in [6, 6.07) is 7.56. The summed E-state index contributed by atoms with van der Waals surface area (Å²) in [4.78, 5) is 22.6. The molecular formula is C14H16O5. The number of esters is 2. The van der Waals surface area contributed by atoms with Gasteiger partial charge in [0.25, 0.3) is 0 Å². The molecule has 5 nitrogen and oxygen atoms in total. The molecule has 1 fully saturated rings. The number of benzene rings is 1. The van der Waals surface area contributed by atoms with Crippen LogP contribution in [-0.2, 0) is 19.1 Å². The Hall–Kier alpha value is -2.04. The third-order valence-corrected chi connectivity index (χ3v) is 2.82. The summed E-state index contributed by atoms with van der Waals surface area (Å²) in [5.74, 6) is -0.166. The molecule has 0 aromatic heterocycles. The van der Waals surface area contributed by atoms with Crippen LogP contribution in [0.25, 0.3) is 0 Å². The maximum absolute atomic E-state index is 11.5. The highest BCUT2D eigenvalue weighted by atomic mass is 16.6. The topological polar surface area (TPSA) is 61.8 Å². The van der Waals surface area contributed by atoms with Crippen LogP contribution in [0.2, 0.25) is 0 Å². The van der Waals surface area contributed by atoms with Crippen molar-refractivity contribution in [3.05, 3.63) is 29.8 Å². The minimum absolute atomic E-state index is 0.109. The molecule has 0 bridgehead atoms. The van der Waals surface area contributed by atoms with E-state index in [2.05, 4.69) is 0 Å². The van der Waals surface area contributed by atoms with Crippen LogP contribution in [0.5, 0.6) is 5.75 Å². The van der Waals surface area contributed by atoms with Gasteiger partial charge in [0.2, 0.25) is 6.10 Å². The van der Waals surface area contributed by atoms with Gasteiger partial charge in [-0.1, -0.05) is 18.2 Å². The van der Waals surface area contributed by atoms with Crippen LogP contribution < -0.4 is 4.74 Å². The number of hydrogen-bond donors (Lipinski definition) is 0. The predicted molar refractivity (Wildman–Crippen MR) is 66.7 cm³/mol. The molecule has 1 aromatic carbocycles. The van der Waals surface area contributed by atoms with Crippen molar-refractivity contribution in [2.45, 2.75) is 25.9 Å². The van der Waals surface area contributed by atoms with Crippen molar-refractivity contribution in [3.8, 4) is 5.75 Å². The zero-order valence-corrected chi connectivity index (χ0v) is 10.8. The zero-order valence-electron chi connectivity index (χ0n) is 10.8.